The van der Waals surface area contributed by atoms with Crippen molar-refractivity contribution in [2.24, 2.45) is 0 Å². The average Bonchev–Trinajstić information content (AvgIpc) is 3.18. The van der Waals surface area contributed by atoms with Crippen LogP contribution in [0.25, 0.3) is 10.9 Å². The van der Waals surface area contributed by atoms with Crippen molar-refractivity contribution in [1.82, 2.24) is 9.88 Å². The predicted octanol–water partition coefficient (Wildman–Crippen LogP) is 4.46. The van der Waals surface area contributed by atoms with E-state index in [4.69, 9.17) is 9.72 Å². The van der Waals surface area contributed by atoms with Crippen molar-refractivity contribution in [2.45, 2.75) is 32.7 Å². The highest BCUT2D eigenvalue weighted by molar-refractivity contribution is 7.10. The van der Waals surface area contributed by atoms with Gasteiger partial charge in [-0.15, -0.1) is 11.3 Å². The van der Waals surface area contributed by atoms with E-state index in [9.17, 15) is 4.79 Å². The van der Waals surface area contributed by atoms with Crippen LogP contribution in [-0.2, 0) is 4.79 Å². The Balaban J connectivity index is 1.42. The largest absolute Gasteiger partial charge is 0.483 e. The van der Waals surface area contributed by atoms with E-state index >= 15 is 0 Å². The van der Waals surface area contributed by atoms with E-state index in [1.807, 2.05) is 36.6 Å². The Labute approximate surface area is 187 Å². The summed E-state index contributed by atoms with van der Waals surface area (Å²) in [4.78, 5) is 23.1. The molecule has 1 aliphatic rings. The molecule has 164 valence electrons. The van der Waals surface area contributed by atoms with E-state index in [0.717, 1.165) is 64.5 Å². The van der Waals surface area contributed by atoms with E-state index in [1.54, 1.807) is 11.3 Å². The van der Waals surface area contributed by atoms with Crippen molar-refractivity contribution >= 4 is 39.7 Å². The molecule has 7 heteroatoms. The van der Waals surface area contributed by atoms with Crippen molar-refractivity contribution in [3.63, 3.8) is 0 Å². The van der Waals surface area contributed by atoms with Crippen LogP contribution in [0.4, 0.5) is 11.5 Å². The normalized spacial score (nSPS) is 14.9. The molecule has 1 N–H and O–H groups in total. The molecule has 0 aliphatic carbocycles. The smallest absolute Gasteiger partial charge is 0.262 e. The summed E-state index contributed by atoms with van der Waals surface area (Å²) < 4.78 is 5.55. The van der Waals surface area contributed by atoms with Gasteiger partial charge in [0.05, 0.1) is 5.52 Å². The Kier molecular flexibility index (Phi) is 6.43. The van der Waals surface area contributed by atoms with Crippen molar-refractivity contribution in [1.29, 1.82) is 0 Å². The molecule has 6 nitrogen and oxygen atoms in total. The van der Waals surface area contributed by atoms with Crippen molar-refractivity contribution in [3.05, 3.63) is 46.2 Å². The Morgan fingerprint density at radius 1 is 1.23 bits per heavy atom. The molecule has 3 heterocycles. The number of hydrogen-bond acceptors (Lipinski definition) is 6. The van der Waals surface area contributed by atoms with Gasteiger partial charge < -0.3 is 19.9 Å². The number of amides is 1. The standard InChI is InChI=1S/C24H30N4O2S/c1-16-11-23(28-9-7-19(8-10-28)27(3)4)26-22-6-5-18(13-21(16)22)25-24(29)14-30-20-12-17(2)31-15-20/h5-6,11-13,15,19H,7-10,14H2,1-4H3,(H,25,29). The lowest BCUT2D eigenvalue weighted by Gasteiger charge is -2.36. The Hall–Kier alpha value is -2.64. The van der Waals surface area contributed by atoms with Gasteiger partial charge in [-0.2, -0.15) is 0 Å². The van der Waals surface area contributed by atoms with Crippen LogP contribution in [-0.4, -0.2) is 55.6 Å². The number of aryl methyl sites for hydroxylation is 2. The number of thiophene rings is 1. The number of anilines is 2. The summed E-state index contributed by atoms with van der Waals surface area (Å²) in [5.41, 5.74) is 2.87. The average molecular weight is 439 g/mol. The molecule has 0 unspecified atom stereocenters. The maximum absolute atomic E-state index is 12.3. The van der Waals surface area contributed by atoms with E-state index in [1.165, 1.54) is 0 Å². The molecular weight excluding hydrogens is 408 g/mol. The molecular formula is C24H30N4O2S. The molecule has 0 atom stereocenters. The third-order valence-corrected chi connectivity index (χ3v) is 6.72. The quantitative estimate of drug-likeness (QED) is 0.616. The molecule has 31 heavy (non-hydrogen) atoms. The Morgan fingerprint density at radius 3 is 2.68 bits per heavy atom. The second kappa shape index (κ2) is 9.24. The molecule has 2 aromatic heterocycles. The van der Waals surface area contributed by atoms with Gasteiger partial charge in [0.1, 0.15) is 11.6 Å². The second-order valence-corrected chi connectivity index (χ2v) is 9.56. The molecule has 0 saturated carbocycles. The third kappa shape index (κ3) is 5.17. The minimum atomic E-state index is -0.172. The highest BCUT2D eigenvalue weighted by Crippen LogP contribution is 2.27. The maximum Gasteiger partial charge on any atom is 0.262 e. The van der Waals surface area contributed by atoms with Gasteiger partial charge >= 0.3 is 0 Å². The number of benzene rings is 1. The summed E-state index contributed by atoms with van der Waals surface area (Å²) in [5, 5.41) is 5.89. The number of nitrogens with one attached hydrogen (secondary N) is 1. The minimum absolute atomic E-state index is 0.00666. The lowest BCUT2D eigenvalue weighted by molar-refractivity contribution is -0.118. The second-order valence-electron chi connectivity index (χ2n) is 8.44. The van der Waals surface area contributed by atoms with Gasteiger partial charge in [-0.1, -0.05) is 0 Å². The molecule has 4 rings (SSSR count). The first kappa shape index (κ1) is 21.6. The third-order valence-electron chi connectivity index (χ3n) is 5.88. The molecule has 1 aliphatic heterocycles. The number of hydrogen-bond donors (Lipinski definition) is 1. The Morgan fingerprint density at radius 2 is 2.00 bits per heavy atom. The number of fused-ring (bicyclic) bond motifs is 1. The van der Waals surface area contributed by atoms with Gasteiger partial charge in [-0.3, -0.25) is 4.79 Å². The number of nitrogens with zero attached hydrogens (tertiary/aromatic N) is 3. The van der Waals surface area contributed by atoms with Crippen LogP contribution in [0.15, 0.2) is 35.7 Å². The summed E-state index contributed by atoms with van der Waals surface area (Å²) in [5.74, 6) is 1.60. The molecule has 1 saturated heterocycles. The van der Waals surface area contributed by atoms with Crippen LogP contribution in [0, 0.1) is 13.8 Å². The summed E-state index contributed by atoms with van der Waals surface area (Å²) in [7, 11) is 4.31. The molecule has 0 radical (unpaired) electrons. The fourth-order valence-corrected chi connectivity index (χ4v) is 4.69. The predicted molar refractivity (Wildman–Crippen MR) is 129 cm³/mol. The van der Waals surface area contributed by atoms with Crippen LogP contribution in [0.3, 0.4) is 0 Å². The van der Waals surface area contributed by atoms with E-state index in [-0.39, 0.29) is 12.5 Å². The SMILES string of the molecule is Cc1cc(OCC(=O)Nc2ccc3nc(N4CCC(N(C)C)CC4)cc(C)c3c2)cs1. The molecule has 1 fully saturated rings. The number of piperidine rings is 1. The highest BCUT2D eigenvalue weighted by atomic mass is 32.1. The van der Waals surface area contributed by atoms with Crippen LogP contribution in [0.5, 0.6) is 5.75 Å². The summed E-state index contributed by atoms with van der Waals surface area (Å²) >= 11 is 1.61. The monoisotopic (exact) mass is 438 g/mol. The number of carbonyl (C=O) groups is 1. The van der Waals surface area contributed by atoms with Crippen LogP contribution < -0.4 is 15.0 Å². The molecule has 0 spiro atoms. The molecule has 1 amide bonds. The van der Waals surface area contributed by atoms with Crippen LogP contribution >= 0.6 is 11.3 Å². The number of rotatable bonds is 6. The van der Waals surface area contributed by atoms with Gasteiger partial charge in [0.25, 0.3) is 5.91 Å². The van der Waals surface area contributed by atoms with Gasteiger partial charge in [-0.05, 0) is 76.7 Å². The number of carbonyl (C=O) groups excluding carboxylic acids is 1. The van der Waals surface area contributed by atoms with Gasteiger partial charge in [0.15, 0.2) is 6.61 Å². The number of pyridine rings is 1. The van der Waals surface area contributed by atoms with Crippen LogP contribution in [0.1, 0.15) is 23.3 Å². The molecule has 3 aromatic rings. The zero-order chi connectivity index (χ0) is 22.0. The van der Waals surface area contributed by atoms with E-state index < -0.39 is 0 Å². The maximum atomic E-state index is 12.3. The topological polar surface area (TPSA) is 57.7 Å². The van der Waals surface area contributed by atoms with Crippen molar-refractivity contribution < 1.29 is 9.53 Å². The number of ether oxygens (including phenoxy) is 1. The van der Waals surface area contributed by atoms with Gasteiger partial charge in [0.2, 0.25) is 0 Å². The highest BCUT2D eigenvalue weighted by Gasteiger charge is 2.22. The van der Waals surface area contributed by atoms with Crippen molar-refractivity contribution in [3.8, 4) is 5.75 Å². The first-order valence-electron chi connectivity index (χ1n) is 10.7. The summed E-state index contributed by atoms with van der Waals surface area (Å²) in [6, 6.07) is 10.6. The van der Waals surface area contributed by atoms with E-state index in [2.05, 4.69) is 42.2 Å². The molecule has 0 bridgehead atoms. The lowest BCUT2D eigenvalue weighted by Crippen LogP contribution is -2.42. The van der Waals surface area contributed by atoms with Crippen LogP contribution in [0.2, 0.25) is 0 Å². The first-order valence-corrected chi connectivity index (χ1v) is 11.6. The Bertz CT molecular complexity index is 1070. The fourth-order valence-electron chi connectivity index (χ4n) is 4.07. The summed E-state index contributed by atoms with van der Waals surface area (Å²) in [6.45, 7) is 6.17. The van der Waals surface area contributed by atoms with Crippen molar-refractivity contribution in [2.75, 3.05) is 44.0 Å². The summed E-state index contributed by atoms with van der Waals surface area (Å²) in [6.07, 6.45) is 2.31. The minimum Gasteiger partial charge on any atom is -0.483 e. The number of aromatic nitrogens is 1. The van der Waals surface area contributed by atoms with Gasteiger partial charge in [0, 0.05) is 40.5 Å². The lowest BCUT2D eigenvalue weighted by atomic mass is 10.0. The fraction of sp³-hybridized carbons (Fsp3) is 0.417. The zero-order valence-corrected chi connectivity index (χ0v) is 19.5. The first-order chi connectivity index (χ1) is 14.9. The van der Waals surface area contributed by atoms with E-state index in [0.29, 0.717) is 6.04 Å². The van der Waals surface area contributed by atoms with Gasteiger partial charge in [-0.25, -0.2) is 4.98 Å². The zero-order valence-electron chi connectivity index (χ0n) is 18.6. The molecule has 1 aromatic carbocycles.